The quantitative estimate of drug-likeness (QED) is 0.588. The molecule has 3 N–H and O–H groups in total. The normalized spacial score (nSPS) is 13.3. The molecule has 1 aromatic carbocycles. The summed E-state index contributed by atoms with van der Waals surface area (Å²) in [6.45, 7) is 1.78. The molecule has 3 aromatic rings. The second-order valence-electron chi connectivity index (χ2n) is 7.22. The van der Waals surface area contributed by atoms with E-state index >= 15 is 0 Å². The van der Waals surface area contributed by atoms with Crippen molar-refractivity contribution in [3.8, 4) is 5.75 Å². The molecule has 1 atom stereocenters. The number of benzene rings is 1. The molecule has 2 heterocycles. The summed E-state index contributed by atoms with van der Waals surface area (Å²) in [7, 11) is 0. The minimum Gasteiger partial charge on any atom is -0.485 e. The zero-order valence-corrected chi connectivity index (χ0v) is 17.1. The zero-order chi connectivity index (χ0) is 22.1. The molecule has 0 saturated carbocycles. The summed E-state index contributed by atoms with van der Waals surface area (Å²) < 4.78 is 47.6. The Kier molecular flexibility index (Phi) is 6.23. The zero-order valence-electron chi connectivity index (χ0n) is 16.3. The fourth-order valence-corrected chi connectivity index (χ4v) is 3.01. The molecule has 1 unspecified atom stereocenters. The van der Waals surface area contributed by atoms with Gasteiger partial charge in [-0.25, -0.2) is 18.2 Å². The van der Waals surface area contributed by atoms with Gasteiger partial charge in [0.2, 0.25) is 0 Å². The van der Waals surface area contributed by atoms with E-state index in [9.17, 15) is 18.0 Å². The van der Waals surface area contributed by atoms with E-state index in [1.165, 1.54) is 29.7 Å². The van der Waals surface area contributed by atoms with E-state index in [0.717, 1.165) is 12.1 Å². The van der Waals surface area contributed by atoms with Crippen LogP contribution >= 0.6 is 11.6 Å². The SMILES string of the molecule is Cc1nc2c(OCc3c(F)cccc3F)cc(Cl)cn2c1C(=O)NCC(C)(N)CF. The number of amides is 1. The Morgan fingerprint density at radius 3 is 2.67 bits per heavy atom. The van der Waals surface area contributed by atoms with E-state index in [0.29, 0.717) is 5.69 Å². The van der Waals surface area contributed by atoms with Crippen molar-refractivity contribution in [2.75, 3.05) is 13.2 Å². The van der Waals surface area contributed by atoms with Crippen LogP contribution in [0.3, 0.4) is 0 Å². The Balaban J connectivity index is 1.93. The number of aromatic nitrogens is 2. The van der Waals surface area contributed by atoms with Crippen molar-refractivity contribution >= 4 is 23.2 Å². The van der Waals surface area contributed by atoms with E-state index in [4.69, 9.17) is 22.1 Å². The number of rotatable bonds is 7. The lowest BCUT2D eigenvalue weighted by Crippen LogP contribution is -2.49. The van der Waals surface area contributed by atoms with Crippen molar-refractivity contribution in [1.82, 2.24) is 14.7 Å². The Morgan fingerprint density at radius 2 is 2.03 bits per heavy atom. The number of carbonyl (C=O) groups excluding carboxylic acids is 1. The minimum atomic E-state index is -1.21. The number of fused-ring (bicyclic) bond motifs is 1. The van der Waals surface area contributed by atoms with Crippen molar-refractivity contribution in [2.45, 2.75) is 26.0 Å². The molecule has 0 bridgehead atoms. The second-order valence-corrected chi connectivity index (χ2v) is 7.66. The average molecular weight is 441 g/mol. The van der Waals surface area contributed by atoms with E-state index < -0.39 is 36.4 Å². The Bertz CT molecular complexity index is 1080. The predicted octanol–water partition coefficient (Wildman–Crippen LogP) is 3.57. The minimum absolute atomic E-state index is 0.0918. The molecule has 0 fully saturated rings. The number of aryl methyl sites for hydroxylation is 1. The Hall–Kier alpha value is -2.78. The lowest BCUT2D eigenvalue weighted by molar-refractivity contribution is 0.0935. The van der Waals surface area contributed by atoms with E-state index in [1.54, 1.807) is 6.92 Å². The van der Waals surface area contributed by atoms with Crippen molar-refractivity contribution in [1.29, 1.82) is 0 Å². The number of ether oxygens (including phenoxy) is 1. The van der Waals surface area contributed by atoms with Gasteiger partial charge < -0.3 is 15.8 Å². The molecule has 6 nitrogen and oxygen atoms in total. The highest BCUT2D eigenvalue weighted by Crippen LogP contribution is 2.28. The third kappa shape index (κ3) is 4.52. The molecule has 0 spiro atoms. The first kappa shape index (κ1) is 21.9. The summed E-state index contributed by atoms with van der Waals surface area (Å²) in [5, 5.41) is 2.79. The lowest BCUT2D eigenvalue weighted by atomic mass is 10.1. The van der Waals surface area contributed by atoms with Crippen LogP contribution in [0.15, 0.2) is 30.5 Å². The van der Waals surface area contributed by atoms with E-state index in [2.05, 4.69) is 10.3 Å². The van der Waals surface area contributed by atoms with Crippen molar-refractivity contribution < 1.29 is 22.7 Å². The molecular formula is C20H20ClF3N4O2. The smallest absolute Gasteiger partial charge is 0.270 e. The molecule has 2 aromatic heterocycles. The fraction of sp³-hybridized carbons (Fsp3) is 0.300. The van der Waals surface area contributed by atoms with Crippen LogP contribution in [0.2, 0.25) is 5.02 Å². The summed E-state index contributed by atoms with van der Waals surface area (Å²) in [5.74, 6) is -1.88. The van der Waals surface area contributed by atoms with Gasteiger partial charge in [0.05, 0.1) is 21.8 Å². The molecule has 160 valence electrons. The summed E-state index contributed by atoms with van der Waals surface area (Å²) in [6.07, 6.45) is 1.46. The number of hydrogen-bond acceptors (Lipinski definition) is 4. The number of halogens is 4. The van der Waals surface area contributed by atoms with Crippen LogP contribution in [0, 0.1) is 18.6 Å². The largest absolute Gasteiger partial charge is 0.485 e. The Labute approximate surface area is 175 Å². The lowest BCUT2D eigenvalue weighted by Gasteiger charge is -2.20. The molecule has 10 heteroatoms. The molecule has 0 aliphatic heterocycles. The number of imidazole rings is 1. The van der Waals surface area contributed by atoms with Crippen molar-refractivity contribution in [2.24, 2.45) is 5.73 Å². The number of carbonyl (C=O) groups is 1. The fourth-order valence-electron chi connectivity index (χ4n) is 2.81. The first-order chi connectivity index (χ1) is 14.1. The van der Waals surface area contributed by atoms with E-state index in [1.807, 2.05) is 0 Å². The van der Waals surface area contributed by atoms with Crippen LogP contribution < -0.4 is 15.8 Å². The predicted molar refractivity (Wildman–Crippen MR) is 107 cm³/mol. The molecule has 0 aliphatic rings. The van der Waals surface area contributed by atoms with Crippen LogP contribution in [-0.4, -0.2) is 34.1 Å². The summed E-state index contributed by atoms with van der Waals surface area (Å²) in [6, 6.07) is 4.94. The molecule has 0 aliphatic carbocycles. The maximum absolute atomic E-state index is 13.9. The molecule has 30 heavy (non-hydrogen) atoms. The van der Waals surface area contributed by atoms with Gasteiger partial charge in [0.15, 0.2) is 11.4 Å². The number of nitrogens with two attached hydrogens (primary N) is 1. The van der Waals surface area contributed by atoms with Crippen LogP contribution in [0.25, 0.3) is 5.65 Å². The van der Waals surface area contributed by atoms with Crippen LogP contribution in [0.1, 0.15) is 28.7 Å². The topological polar surface area (TPSA) is 81.7 Å². The van der Waals surface area contributed by atoms with Gasteiger partial charge >= 0.3 is 0 Å². The number of alkyl halides is 1. The van der Waals surface area contributed by atoms with Crippen LogP contribution in [-0.2, 0) is 6.61 Å². The highest BCUT2D eigenvalue weighted by molar-refractivity contribution is 6.30. The third-order valence-electron chi connectivity index (χ3n) is 4.43. The second kappa shape index (κ2) is 8.53. The van der Waals surface area contributed by atoms with Gasteiger partial charge in [-0.05, 0) is 26.0 Å². The molecule has 3 rings (SSSR count). The molecule has 0 saturated heterocycles. The molecule has 1 amide bonds. The van der Waals surface area contributed by atoms with Gasteiger partial charge in [0.25, 0.3) is 5.91 Å². The standard InChI is InChI=1S/C20H20ClF3N4O2/c1-11-17(19(29)26-10-20(2,25)9-22)28-7-12(21)6-16(18(28)27-11)30-8-13-14(23)4-3-5-15(13)24/h3-7H,8-10,25H2,1-2H3,(H,26,29). The highest BCUT2D eigenvalue weighted by Gasteiger charge is 2.24. The van der Waals surface area contributed by atoms with Crippen LogP contribution in [0.4, 0.5) is 13.2 Å². The highest BCUT2D eigenvalue weighted by atomic mass is 35.5. The average Bonchev–Trinajstić information content (AvgIpc) is 3.01. The number of nitrogens with zero attached hydrogens (tertiary/aromatic N) is 2. The number of nitrogens with one attached hydrogen (secondary N) is 1. The molecule has 0 radical (unpaired) electrons. The summed E-state index contributed by atoms with van der Waals surface area (Å²) in [5.41, 5.74) is 5.02. The van der Waals surface area contributed by atoms with Gasteiger partial charge in [-0.3, -0.25) is 9.20 Å². The van der Waals surface area contributed by atoms with Gasteiger partial charge in [-0.1, -0.05) is 17.7 Å². The van der Waals surface area contributed by atoms with Crippen LogP contribution in [0.5, 0.6) is 5.75 Å². The summed E-state index contributed by atoms with van der Waals surface area (Å²) in [4.78, 5) is 17.0. The summed E-state index contributed by atoms with van der Waals surface area (Å²) >= 11 is 6.15. The van der Waals surface area contributed by atoms with Gasteiger partial charge in [0.1, 0.15) is 30.6 Å². The van der Waals surface area contributed by atoms with Crippen molar-refractivity contribution in [3.05, 3.63) is 64.1 Å². The Morgan fingerprint density at radius 1 is 1.37 bits per heavy atom. The molecular weight excluding hydrogens is 421 g/mol. The first-order valence-corrected chi connectivity index (χ1v) is 9.37. The van der Waals surface area contributed by atoms with Crippen molar-refractivity contribution in [3.63, 3.8) is 0 Å². The van der Waals surface area contributed by atoms with E-state index in [-0.39, 0.29) is 34.2 Å². The first-order valence-electron chi connectivity index (χ1n) is 9.00. The maximum atomic E-state index is 13.9. The monoisotopic (exact) mass is 440 g/mol. The van der Waals surface area contributed by atoms with Gasteiger partial charge in [0, 0.05) is 18.8 Å². The van der Waals surface area contributed by atoms with Gasteiger partial charge in [-0.2, -0.15) is 0 Å². The third-order valence-corrected chi connectivity index (χ3v) is 4.64. The number of hydrogen-bond donors (Lipinski definition) is 2. The number of pyridine rings is 1. The maximum Gasteiger partial charge on any atom is 0.270 e. The van der Waals surface area contributed by atoms with Gasteiger partial charge in [-0.15, -0.1) is 0 Å².